The maximum absolute atomic E-state index is 13.0. The van der Waals surface area contributed by atoms with E-state index in [-0.39, 0.29) is 24.1 Å². The predicted octanol–water partition coefficient (Wildman–Crippen LogP) is 3.55. The summed E-state index contributed by atoms with van der Waals surface area (Å²) >= 11 is 1.62. The van der Waals surface area contributed by atoms with E-state index in [9.17, 15) is 9.59 Å². The smallest absolute Gasteiger partial charge is 0.231 e. The topological polar surface area (TPSA) is 103 Å². The fraction of sp³-hybridized carbons (Fsp3) is 0.269. The Bertz CT molecular complexity index is 1110. The molecule has 8 heteroatoms. The molecule has 178 valence electrons. The van der Waals surface area contributed by atoms with Crippen molar-refractivity contribution in [1.82, 2.24) is 5.32 Å². The molecule has 0 spiro atoms. The van der Waals surface area contributed by atoms with Crippen molar-refractivity contribution in [2.45, 2.75) is 31.7 Å². The number of carbonyl (C=O) groups is 2. The zero-order chi connectivity index (χ0) is 24.3. The zero-order valence-corrected chi connectivity index (χ0v) is 20.1. The third-order valence-electron chi connectivity index (χ3n) is 5.22. The molecule has 3 rings (SSSR count). The Labute approximate surface area is 203 Å². The molecule has 1 heterocycles. The molecule has 0 radical (unpaired) electrons. The molecular formula is C26H29N3O4S. The van der Waals surface area contributed by atoms with Crippen molar-refractivity contribution >= 4 is 29.0 Å². The van der Waals surface area contributed by atoms with Crippen molar-refractivity contribution in [3.05, 3.63) is 82.0 Å². The van der Waals surface area contributed by atoms with Crippen LogP contribution in [0.15, 0.2) is 71.0 Å². The number of nitrogens with two attached hydrogens (primary N) is 1. The molecule has 0 fully saturated rings. The number of thiophene rings is 1. The summed E-state index contributed by atoms with van der Waals surface area (Å²) < 4.78 is 10.5. The van der Waals surface area contributed by atoms with E-state index < -0.39 is 6.04 Å². The number of nitrogens with one attached hydrogen (secondary N) is 1. The number of aliphatic imine (C=N–C) groups is 1. The molecule has 0 bridgehead atoms. The second-order valence-corrected chi connectivity index (χ2v) is 8.71. The monoisotopic (exact) mass is 479 g/mol. The van der Waals surface area contributed by atoms with Crippen LogP contribution >= 0.6 is 11.3 Å². The van der Waals surface area contributed by atoms with Crippen molar-refractivity contribution in [3.63, 3.8) is 0 Å². The lowest BCUT2D eigenvalue weighted by Crippen LogP contribution is -2.40. The number of hydrogen-bond acceptors (Lipinski definition) is 6. The van der Waals surface area contributed by atoms with Crippen LogP contribution < -0.4 is 20.5 Å². The minimum absolute atomic E-state index is 0.0191. The summed E-state index contributed by atoms with van der Waals surface area (Å²) in [6.07, 6.45) is 1.50. The molecule has 1 atom stereocenters. The van der Waals surface area contributed by atoms with Crippen LogP contribution in [-0.4, -0.2) is 37.9 Å². The summed E-state index contributed by atoms with van der Waals surface area (Å²) in [6, 6.07) is 18.2. The van der Waals surface area contributed by atoms with Crippen molar-refractivity contribution in [1.29, 1.82) is 0 Å². The van der Waals surface area contributed by atoms with Gasteiger partial charge in [-0.25, -0.2) is 4.99 Å². The quantitative estimate of drug-likeness (QED) is 0.323. The van der Waals surface area contributed by atoms with E-state index in [1.807, 2.05) is 47.8 Å². The van der Waals surface area contributed by atoms with E-state index in [0.717, 1.165) is 16.0 Å². The molecule has 34 heavy (non-hydrogen) atoms. The molecule has 0 unspecified atom stereocenters. The van der Waals surface area contributed by atoms with Gasteiger partial charge in [-0.2, -0.15) is 0 Å². The SMILES string of the molecule is COc1ccc(CC(=O)NC(N)=N[C@H](Cc2ccccc2)C(=O)CCc2cccs2)cc1OC. The van der Waals surface area contributed by atoms with E-state index in [2.05, 4.69) is 10.3 Å². The Balaban J connectivity index is 1.67. The number of Topliss-reactive ketones (excluding diaryl/α,β-unsaturated/α-hetero) is 1. The van der Waals surface area contributed by atoms with Crippen LogP contribution in [-0.2, 0) is 28.9 Å². The van der Waals surface area contributed by atoms with Gasteiger partial charge in [-0.05, 0) is 41.1 Å². The van der Waals surface area contributed by atoms with Gasteiger partial charge in [0.1, 0.15) is 6.04 Å². The second-order valence-electron chi connectivity index (χ2n) is 7.68. The molecule has 1 amide bonds. The summed E-state index contributed by atoms with van der Waals surface area (Å²) in [5.74, 6) is 0.689. The number of ketones is 1. The van der Waals surface area contributed by atoms with Gasteiger partial charge in [-0.15, -0.1) is 11.3 Å². The van der Waals surface area contributed by atoms with E-state index >= 15 is 0 Å². The Kier molecular flexibility index (Phi) is 9.22. The molecule has 3 N–H and O–H groups in total. The van der Waals surface area contributed by atoms with Crippen molar-refractivity contribution in [2.24, 2.45) is 10.7 Å². The average Bonchev–Trinajstić information content (AvgIpc) is 3.36. The molecule has 0 saturated carbocycles. The second kappa shape index (κ2) is 12.6. The molecule has 3 aromatic rings. The predicted molar refractivity (Wildman–Crippen MR) is 135 cm³/mol. The number of hydrogen-bond donors (Lipinski definition) is 2. The number of rotatable bonds is 11. The highest BCUT2D eigenvalue weighted by Crippen LogP contribution is 2.27. The minimum atomic E-state index is -0.677. The highest BCUT2D eigenvalue weighted by Gasteiger charge is 2.19. The molecule has 0 saturated heterocycles. The lowest BCUT2D eigenvalue weighted by Gasteiger charge is -2.14. The fourth-order valence-electron chi connectivity index (χ4n) is 3.50. The van der Waals surface area contributed by atoms with Crippen molar-refractivity contribution in [3.8, 4) is 11.5 Å². The normalized spacial score (nSPS) is 12.1. The Morgan fingerprint density at radius 3 is 2.44 bits per heavy atom. The number of amides is 1. The van der Waals surface area contributed by atoms with Crippen LogP contribution in [0.2, 0.25) is 0 Å². The van der Waals surface area contributed by atoms with E-state index in [1.165, 1.54) is 7.11 Å². The summed E-state index contributed by atoms with van der Waals surface area (Å²) in [5, 5.41) is 4.59. The van der Waals surface area contributed by atoms with E-state index in [1.54, 1.807) is 36.6 Å². The third-order valence-corrected chi connectivity index (χ3v) is 6.15. The molecular weight excluding hydrogens is 450 g/mol. The van der Waals surface area contributed by atoms with E-state index in [0.29, 0.717) is 30.8 Å². The van der Waals surface area contributed by atoms with Crippen molar-refractivity contribution in [2.75, 3.05) is 14.2 Å². The lowest BCUT2D eigenvalue weighted by molar-refractivity contribution is -0.120. The van der Waals surface area contributed by atoms with Crippen LogP contribution in [0.5, 0.6) is 11.5 Å². The molecule has 0 aliphatic heterocycles. The Morgan fingerprint density at radius 1 is 1.00 bits per heavy atom. The maximum atomic E-state index is 13.0. The summed E-state index contributed by atoms with van der Waals surface area (Å²) in [5.41, 5.74) is 7.75. The summed E-state index contributed by atoms with van der Waals surface area (Å²) in [4.78, 5) is 31.1. The first-order valence-electron chi connectivity index (χ1n) is 10.9. The maximum Gasteiger partial charge on any atom is 0.231 e. The molecule has 1 aromatic heterocycles. The van der Waals surface area contributed by atoms with Crippen LogP contribution in [0.25, 0.3) is 0 Å². The van der Waals surface area contributed by atoms with Crippen molar-refractivity contribution < 1.29 is 19.1 Å². The number of ether oxygens (including phenoxy) is 2. The van der Waals surface area contributed by atoms with Crippen LogP contribution in [0.3, 0.4) is 0 Å². The van der Waals surface area contributed by atoms with Gasteiger partial charge in [0.25, 0.3) is 0 Å². The number of guanidine groups is 1. The zero-order valence-electron chi connectivity index (χ0n) is 19.3. The van der Waals surface area contributed by atoms with Gasteiger partial charge in [0.2, 0.25) is 5.91 Å². The number of nitrogens with zero attached hydrogens (tertiary/aromatic N) is 1. The van der Waals surface area contributed by atoms with Crippen LogP contribution in [0, 0.1) is 0 Å². The first-order chi connectivity index (χ1) is 16.5. The molecule has 2 aromatic carbocycles. The van der Waals surface area contributed by atoms with E-state index in [4.69, 9.17) is 15.2 Å². The Hall–Kier alpha value is -3.65. The number of aryl methyl sites for hydroxylation is 1. The molecule has 0 aliphatic carbocycles. The van der Waals surface area contributed by atoms with Gasteiger partial charge in [-0.1, -0.05) is 42.5 Å². The van der Waals surface area contributed by atoms with Crippen LogP contribution in [0.1, 0.15) is 22.4 Å². The van der Waals surface area contributed by atoms with Crippen LogP contribution in [0.4, 0.5) is 0 Å². The number of benzene rings is 2. The summed E-state index contributed by atoms with van der Waals surface area (Å²) in [7, 11) is 3.09. The lowest BCUT2D eigenvalue weighted by atomic mass is 10.00. The van der Waals surface area contributed by atoms with Gasteiger partial charge >= 0.3 is 0 Å². The van der Waals surface area contributed by atoms with Gasteiger partial charge in [-0.3, -0.25) is 14.9 Å². The molecule has 7 nitrogen and oxygen atoms in total. The first kappa shape index (κ1) is 25.0. The highest BCUT2D eigenvalue weighted by molar-refractivity contribution is 7.09. The number of carbonyl (C=O) groups excluding carboxylic acids is 2. The largest absolute Gasteiger partial charge is 0.493 e. The first-order valence-corrected chi connectivity index (χ1v) is 11.8. The van der Waals surface area contributed by atoms with Gasteiger partial charge < -0.3 is 15.2 Å². The third kappa shape index (κ3) is 7.45. The average molecular weight is 480 g/mol. The molecule has 0 aliphatic rings. The fourth-order valence-corrected chi connectivity index (χ4v) is 4.21. The summed E-state index contributed by atoms with van der Waals surface area (Å²) in [6.45, 7) is 0. The van der Waals surface area contributed by atoms with Gasteiger partial charge in [0, 0.05) is 17.7 Å². The van der Waals surface area contributed by atoms with Gasteiger partial charge in [0.15, 0.2) is 23.2 Å². The highest BCUT2D eigenvalue weighted by atomic mass is 32.1. The number of methoxy groups -OCH3 is 2. The minimum Gasteiger partial charge on any atom is -0.493 e. The Morgan fingerprint density at radius 2 is 1.76 bits per heavy atom. The standard InChI is InChI=1S/C26H29N3O4S/c1-32-23-13-10-19(16-24(23)33-2)17-25(31)29-26(27)28-21(15-18-7-4-3-5-8-18)22(30)12-11-20-9-6-14-34-20/h3-10,13-14,16,21H,11-12,15,17H2,1-2H3,(H3,27,28,29,31)/t21-/m1/s1. The van der Waals surface area contributed by atoms with Gasteiger partial charge in [0.05, 0.1) is 20.6 Å².